The fraction of sp³-hybridized carbons (Fsp3) is 0.172. The first-order valence-electron chi connectivity index (χ1n) is 12.0. The molecule has 2 amide bonds. The van der Waals surface area contributed by atoms with Gasteiger partial charge in [0.15, 0.2) is 0 Å². The van der Waals surface area contributed by atoms with Crippen LogP contribution in [0, 0.1) is 13.8 Å². The lowest BCUT2D eigenvalue weighted by Gasteiger charge is -2.32. The molecule has 5 rings (SSSR count). The maximum atomic E-state index is 14.0. The summed E-state index contributed by atoms with van der Waals surface area (Å²) < 4.78 is 6.95. The number of hydrogen-bond donors (Lipinski definition) is 1. The van der Waals surface area contributed by atoms with Crippen molar-refractivity contribution in [1.82, 2.24) is 20.3 Å². The lowest BCUT2D eigenvalue weighted by atomic mass is 10.0. The molecule has 8 nitrogen and oxygen atoms in total. The van der Waals surface area contributed by atoms with Gasteiger partial charge in [-0.15, -0.1) is 5.10 Å². The Balaban J connectivity index is 1.56. The number of aromatic nitrogens is 3. The minimum absolute atomic E-state index is 0.0811. The number of fused-ring (bicyclic) bond motifs is 1. The minimum Gasteiger partial charge on any atom is -0.467 e. The summed E-state index contributed by atoms with van der Waals surface area (Å²) in [4.78, 5) is 29.3. The van der Waals surface area contributed by atoms with Crippen molar-refractivity contribution in [3.05, 3.63) is 114 Å². The lowest BCUT2D eigenvalue weighted by Crippen LogP contribution is -2.45. The summed E-state index contributed by atoms with van der Waals surface area (Å²) in [6.07, 6.45) is 1.56. The van der Waals surface area contributed by atoms with E-state index in [1.165, 1.54) is 0 Å². The Hall–Kier alpha value is -4.72. The number of anilines is 1. The molecule has 2 heterocycles. The van der Waals surface area contributed by atoms with Crippen LogP contribution in [0.5, 0.6) is 0 Å². The van der Waals surface area contributed by atoms with Crippen LogP contribution >= 0.6 is 0 Å². The summed E-state index contributed by atoms with van der Waals surface area (Å²) >= 11 is 0. The van der Waals surface area contributed by atoms with Gasteiger partial charge in [-0.1, -0.05) is 53.7 Å². The van der Waals surface area contributed by atoms with Crippen molar-refractivity contribution in [2.24, 2.45) is 0 Å². The average Bonchev–Trinajstić information content (AvgIpc) is 3.58. The number of hydrogen-bond acceptors (Lipinski definition) is 5. The largest absolute Gasteiger partial charge is 0.467 e. The number of benzene rings is 3. The number of furan rings is 1. The normalized spacial score (nSPS) is 11.8. The Bertz CT molecular complexity index is 1530. The van der Waals surface area contributed by atoms with Crippen LogP contribution in [0.15, 0.2) is 95.6 Å². The maximum Gasteiger partial charge on any atom is 0.249 e. The van der Waals surface area contributed by atoms with Crippen molar-refractivity contribution in [2.75, 3.05) is 4.90 Å². The lowest BCUT2D eigenvalue weighted by molar-refractivity contribution is -0.127. The number of aryl methyl sites for hydroxylation is 2. The molecule has 0 radical (unpaired) electrons. The van der Waals surface area contributed by atoms with E-state index in [2.05, 4.69) is 15.6 Å². The number of amides is 2. The highest BCUT2D eigenvalue weighted by Gasteiger charge is 2.33. The van der Waals surface area contributed by atoms with Gasteiger partial charge >= 0.3 is 0 Å². The highest BCUT2D eigenvalue weighted by molar-refractivity contribution is 6.01. The van der Waals surface area contributed by atoms with Gasteiger partial charge in [-0.05, 0) is 66.9 Å². The van der Waals surface area contributed by atoms with Crippen LogP contribution in [0.25, 0.3) is 11.0 Å². The Morgan fingerprint density at radius 1 is 0.946 bits per heavy atom. The maximum absolute atomic E-state index is 14.0. The van der Waals surface area contributed by atoms with E-state index in [0.717, 1.165) is 16.6 Å². The van der Waals surface area contributed by atoms with Gasteiger partial charge < -0.3 is 9.73 Å². The second kappa shape index (κ2) is 10.5. The van der Waals surface area contributed by atoms with E-state index >= 15 is 0 Å². The van der Waals surface area contributed by atoms with E-state index in [4.69, 9.17) is 4.42 Å². The molecule has 0 saturated carbocycles. The quantitative estimate of drug-likeness (QED) is 0.337. The zero-order valence-corrected chi connectivity index (χ0v) is 20.7. The summed E-state index contributed by atoms with van der Waals surface area (Å²) in [6.45, 7) is 4.12. The van der Waals surface area contributed by atoms with E-state index < -0.39 is 6.04 Å². The number of carbonyl (C=O) groups excluding carboxylic acids is 2. The standard InChI is InChI=1S/C29H27N5O3/c1-20-14-15-23(17-21(20)2)34(27(35)19-33-26-13-7-6-12-25(26)31-32-33)28(22-9-4-3-5-10-22)29(36)30-18-24-11-8-16-37-24/h3-17,28H,18-19H2,1-2H3,(H,30,36)/t28-/m0/s1. The third-order valence-corrected chi connectivity index (χ3v) is 6.38. The highest BCUT2D eigenvalue weighted by atomic mass is 16.3. The first-order chi connectivity index (χ1) is 18.0. The summed E-state index contributed by atoms with van der Waals surface area (Å²) in [7, 11) is 0. The van der Waals surface area contributed by atoms with Crippen LogP contribution in [-0.4, -0.2) is 26.8 Å². The predicted octanol–water partition coefficient (Wildman–Crippen LogP) is 4.73. The van der Waals surface area contributed by atoms with Gasteiger partial charge in [-0.2, -0.15) is 0 Å². The topological polar surface area (TPSA) is 93.3 Å². The van der Waals surface area contributed by atoms with Crippen molar-refractivity contribution in [3.8, 4) is 0 Å². The van der Waals surface area contributed by atoms with Crippen LogP contribution < -0.4 is 10.2 Å². The average molecular weight is 494 g/mol. The van der Waals surface area contributed by atoms with Gasteiger partial charge in [-0.3, -0.25) is 14.5 Å². The van der Waals surface area contributed by atoms with E-state index in [1.54, 1.807) is 28.0 Å². The monoisotopic (exact) mass is 493 g/mol. The van der Waals surface area contributed by atoms with Crippen LogP contribution in [-0.2, 0) is 22.7 Å². The third kappa shape index (κ3) is 5.13. The molecule has 0 aliphatic carbocycles. The first-order valence-corrected chi connectivity index (χ1v) is 12.0. The molecule has 0 fully saturated rings. The molecular weight excluding hydrogens is 466 g/mol. The van der Waals surface area contributed by atoms with E-state index in [-0.39, 0.29) is 24.9 Å². The van der Waals surface area contributed by atoms with E-state index in [1.807, 2.05) is 86.6 Å². The van der Waals surface area contributed by atoms with Gasteiger partial charge in [-0.25, -0.2) is 4.68 Å². The minimum atomic E-state index is -0.916. The molecule has 37 heavy (non-hydrogen) atoms. The molecule has 1 N–H and O–H groups in total. The molecule has 5 aromatic rings. The van der Waals surface area contributed by atoms with Crippen molar-refractivity contribution in [2.45, 2.75) is 33.0 Å². The summed E-state index contributed by atoms with van der Waals surface area (Å²) in [5, 5.41) is 11.3. The van der Waals surface area contributed by atoms with Crippen LogP contribution in [0.4, 0.5) is 5.69 Å². The smallest absolute Gasteiger partial charge is 0.249 e. The Morgan fingerprint density at radius 2 is 1.73 bits per heavy atom. The molecule has 3 aromatic carbocycles. The van der Waals surface area contributed by atoms with E-state index in [0.29, 0.717) is 22.5 Å². The van der Waals surface area contributed by atoms with Crippen LogP contribution in [0.2, 0.25) is 0 Å². The number of nitrogens with one attached hydrogen (secondary N) is 1. The Kier molecular flexibility index (Phi) is 6.81. The van der Waals surface area contributed by atoms with E-state index in [9.17, 15) is 9.59 Å². The summed E-state index contributed by atoms with van der Waals surface area (Å²) in [5.74, 6) is 0.0110. The zero-order valence-electron chi connectivity index (χ0n) is 20.7. The van der Waals surface area contributed by atoms with Crippen molar-refractivity contribution < 1.29 is 14.0 Å². The van der Waals surface area contributed by atoms with Crippen molar-refractivity contribution in [1.29, 1.82) is 0 Å². The SMILES string of the molecule is Cc1ccc(N(C(=O)Cn2nnc3ccccc32)[C@H](C(=O)NCc2ccco2)c2ccccc2)cc1C. The fourth-order valence-corrected chi connectivity index (χ4v) is 4.29. The second-order valence-corrected chi connectivity index (χ2v) is 8.88. The third-order valence-electron chi connectivity index (χ3n) is 6.38. The van der Waals surface area contributed by atoms with Crippen LogP contribution in [0.1, 0.15) is 28.5 Å². The molecule has 2 aromatic heterocycles. The molecule has 8 heteroatoms. The first kappa shape index (κ1) is 24.0. The molecule has 1 atom stereocenters. The number of rotatable bonds is 8. The summed E-state index contributed by atoms with van der Waals surface area (Å²) in [6, 6.07) is 25.2. The molecule has 0 unspecified atom stereocenters. The van der Waals surface area contributed by atoms with Gasteiger partial charge in [0.2, 0.25) is 11.8 Å². The van der Waals surface area contributed by atoms with Crippen LogP contribution in [0.3, 0.4) is 0 Å². The number of nitrogens with zero attached hydrogens (tertiary/aromatic N) is 4. The summed E-state index contributed by atoms with van der Waals surface area (Å²) in [5.41, 5.74) is 4.87. The predicted molar refractivity (Wildman–Crippen MR) is 141 cm³/mol. The molecule has 0 spiro atoms. The van der Waals surface area contributed by atoms with Gasteiger partial charge in [0, 0.05) is 5.69 Å². The van der Waals surface area contributed by atoms with Crippen molar-refractivity contribution in [3.63, 3.8) is 0 Å². The molecule has 0 aliphatic rings. The Morgan fingerprint density at radius 3 is 2.49 bits per heavy atom. The number of carbonyl (C=O) groups is 2. The Labute approximate surface area is 214 Å². The molecule has 0 aliphatic heterocycles. The second-order valence-electron chi connectivity index (χ2n) is 8.88. The van der Waals surface area contributed by atoms with Gasteiger partial charge in [0.05, 0.1) is 18.3 Å². The van der Waals surface area contributed by atoms with Gasteiger partial charge in [0.25, 0.3) is 0 Å². The van der Waals surface area contributed by atoms with Crippen molar-refractivity contribution >= 4 is 28.5 Å². The highest BCUT2D eigenvalue weighted by Crippen LogP contribution is 2.30. The number of para-hydroxylation sites is 1. The molecule has 0 saturated heterocycles. The molecule has 0 bridgehead atoms. The zero-order chi connectivity index (χ0) is 25.8. The molecule has 186 valence electrons. The fourth-order valence-electron chi connectivity index (χ4n) is 4.29. The van der Waals surface area contributed by atoms with Gasteiger partial charge in [0.1, 0.15) is 23.9 Å². The molecular formula is C29H27N5O3.